The molecule has 0 aromatic heterocycles. The standard InChI is InChI=1S/C16H30N4O3S/c1-13(21)19-7-5-14(6-8-19)11-18-15(17-4)20-9-10-24(22,23)16(2,3)12-20/h14H,5-12H2,1-4H3,(H,17,18). The van der Waals surface area contributed by atoms with Crippen LogP contribution in [0.5, 0.6) is 0 Å². The average molecular weight is 359 g/mol. The third-order valence-corrected chi connectivity index (χ3v) is 7.70. The summed E-state index contributed by atoms with van der Waals surface area (Å²) in [5, 5.41) is 3.40. The van der Waals surface area contributed by atoms with Crippen molar-refractivity contribution in [1.29, 1.82) is 0 Å². The van der Waals surface area contributed by atoms with E-state index >= 15 is 0 Å². The Morgan fingerprint density at radius 2 is 1.83 bits per heavy atom. The van der Waals surface area contributed by atoms with E-state index in [2.05, 4.69) is 10.3 Å². The SMILES string of the molecule is CN=C(NCC1CCN(C(C)=O)CC1)N1CCS(=O)(=O)C(C)(C)C1. The van der Waals surface area contributed by atoms with Gasteiger partial charge in [0.1, 0.15) is 0 Å². The zero-order valence-corrected chi connectivity index (χ0v) is 16.0. The second-order valence-electron chi connectivity index (χ2n) is 7.38. The Hall–Kier alpha value is -1.31. The summed E-state index contributed by atoms with van der Waals surface area (Å²) in [6, 6.07) is 0. The highest BCUT2D eigenvalue weighted by Gasteiger charge is 2.41. The molecule has 1 N–H and O–H groups in total. The molecule has 8 heteroatoms. The molecule has 2 aliphatic heterocycles. The van der Waals surface area contributed by atoms with Gasteiger partial charge in [0.2, 0.25) is 5.91 Å². The van der Waals surface area contributed by atoms with Gasteiger partial charge >= 0.3 is 0 Å². The first-order valence-corrected chi connectivity index (χ1v) is 10.2. The average Bonchev–Trinajstić information content (AvgIpc) is 2.51. The van der Waals surface area contributed by atoms with Crippen LogP contribution in [0.4, 0.5) is 0 Å². The molecule has 0 spiro atoms. The minimum Gasteiger partial charge on any atom is -0.356 e. The van der Waals surface area contributed by atoms with Crippen molar-refractivity contribution in [3.8, 4) is 0 Å². The van der Waals surface area contributed by atoms with Gasteiger partial charge in [0.15, 0.2) is 15.8 Å². The molecule has 0 bridgehead atoms. The van der Waals surface area contributed by atoms with E-state index in [1.807, 2.05) is 9.80 Å². The summed E-state index contributed by atoms with van der Waals surface area (Å²) in [5.74, 6) is 1.59. The fourth-order valence-electron chi connectivity index (χ4n) is 3.34. The number of hydrogen-bond donors (Lipinski definition) is 1. The van der Waals surface area contributed by atoms with Crippen molar-refractivity contribution in [3.05, 3.63) is 0 Å². The van der Waals surface area contributed by atoms with Crippen LogP contribution in [0.1, 0.15) is 33.6 Å². The quantitative estimate of drug-likeness (QED) is 0.568. The molecule has 2 saturated heterocycles. The first kappa shape index (κ1) is 19.0. The highest BCUT2D eigenvalue weighted by Crippen LogP contribution is 2.24. The van der Waals surface area contributed by atoms with Gasteiger partial charge in [0.05, 0.1) is 10.5 Å². The molecule has 0 aromatic carbocycles. The van der Waals surface area contributed by atoms with Gasteiger partial charge in [-0.25, -0.2) is 8.42 Å². The Bertz CT molecular complexity index is 592. The summed E-state index contributed by atoms with van der Waals surface area (Å²) in [6.07, 6.45) is 1.98. The zero-order valence-electron chi connectivity index (χ0n) is 15.2. The maximum absolute atomic E-state index is 12.1. The number of rotatable bonds is 2. The third-order valence-electron chi connectivity index (χ3n) is 5.16. The first-order valence-electron chi connectivity index (χ1n) is 8.60. The zero-order chi connectivity index (χ0) is 18.0. The van der Waals surface area contributed by atoms with Crippen LogP contribution in [0.15, 0.2) is 4.99 Å². The number of amides is 1. The monoisotopic (exact) mass is 358 g/mol. The van der Waals surface area contributed by atoms with Gasteiger partial charge in [-0.2, -0.15) is 0 Å². The molecule has 138 valence electrons. The number of piperidine rings is 1. The minimum atomic E-state index is -3.05. The molecule has 0 radical (unpaired) electrons. The van der Waals surface area contributed by atoms with Gasteiger partial charge in [-0.3, -0.25) is 9.79 Å². The largest absolute Gasteiger partial charge is 0.356 e. The lowest BCUT2D eigenvalue weighted by Gasteiger charge is -2.39. The van der Waals surface area contributed by atoms with Gasteiger partial charge in [-0.1, -0.05) is 0 Å². The van der Waals surface area contributed by atoms with Crippen molar-refractivity contribution in [3.63, 3.8) is 0 Å². The van der Waals surface area contributed by atoms with E-state index in [4.69, 9.17) is 0 Å². The van der Waals surface area contributed by atoms with Crippen LogP contribution in [0.2, 0.25) is 0 Å². The van der Waals surface area contributed by atoms with Crippen LogP contribution in [0.25, 0.3) is 0 Å². The van der Waals surface area contributed by atoms with Crippen molar-refractivity contribution < 1.29 is 13.2 Å². The van der Waals surface area contributed by atoms with Crippen molar-refractivity contribution >= 4 is 21.7 Å². The molecule has 7 nitrogen and oxygen atoms in total. The normalized spacial score (nSPS) is 24.8. The molecule has 2 aliphatic rings. The molecule has 0 aliphatic carbocycles. The number of carbonyl (C=O) groups excluding carboxylic acids is 1. The maximum atomic E-state index is 12.1. The third kappa shape index (κ3) is 4.20. The number of carbonyl (C=O) groups is 1. The van der Waals surface area contributed by atoms with Gasteiger partial charge in [0.25, 0.3) is 0 Å². The summed E-state index contributed by atoms with van der Waals surface area (Å²) in [4.78, 5) is 19.6. The molecular weight excluding hydrogens is 328 g/mol. The number of nitrogens with one attached hydrogen (secondary N) is 1. The second-order valence-corrected chi connectivity index (χ2v) is 10.1. The summed E-state index contributed by atoms with van der Waals surface area (Å²) < 4.78 is 23.5. The van der Waals surface area contributed by atoms with Crippen molar-refractivity contribution in [2.75, 3.05) is 45.5 Å². The Balaban J connectivity index is 1.87. The lowest BCUT2D eigenvalue weighted by molar-refractivity contribution is -0.130. The second kappa shape index (κ2) is 7.29. The van der Waals surface area contributed by atoms with Crippen molar-refractivity contribution in [1.82, 2.24) is 15.1 Å². The van der Waals surface area contributed by atoms with Gasteiger partial charge in [-0.05, 0) is 32.6 Å². The molecule has 0 atom stereocenters. The van der Waals surface area contributed by atoms with Gasteiger partial charge in [-0.15, -0.1) is 0 Å². The summed E-state index contributed by atoms with van der Waals surface area (Å²) in [6.45, 7) is 8.55. The van der Waals surface area contributed by atoms with E-state index < -0.39 is 14.6 Å². The molecule has 0 aromatic rings. The maximum Gasteiger partial charge on any atom is 0.219 e. The van der Waals surface area contributed by atoms with Crippen LogP contribution in [0, 0.1) is 5.92 Å². The summed E-state index contributed by atoms with van der Waals surface area (Å²) in [5.41, 5.74) is 0. The van der Waals surface area contributed by atoms with E-state index in [-0.39, 0.29) is 11.7 Å². The smallest absolute Gasteiger partial charge is 0.219 e. The Morgan fingerprint density at radius 3 is 2.33 bits per heavy atom. The van der Waals surface area contributed by atoms with Crippen LogP contribution in [-0.2, 0) is 14.6 Å². The van der Waals surface area contributed by atoms with Crippen LogP contribution < -0.4 is 5.32 Å². The summed E-state index contributed by atoms with van der Waals surface area (Å²) in [7, 11) is -1.31. The number of aliphatic imine (C=N–C) groups is 1. The number of guanidine groups is 1. The van der Waals surface area contributed by atoms with E-state index in [9.17, 15) is 13.2 Å². The van der Waals surface area contributed by atoms with E-state index in [1.54, 1.807) is 27.8 Å². The predicted molar refractivity (Wildman–Crippen MR) is 95.8 cm³/mol. The van der Waals surface area contributed by atoms with E-state index in [0.29, 0.717) is 19.0 Å². The Kier molecular flexibility index (Phi) is 5.78. The molecule has 0 saturated carbocycles. The molecule has 2 fully saturated rings. The van der Waals surface area contributed by atoms with Gasteiger partial charge < -0.3 is 15.1 Å². The van der Waals surface area contributed by atoms with E-state index in [1.165, 1.54) is 0 Å². The highest BCUT2D eigenvalue weighted by molar-refractivity contribution is 7.92. The Morgan fingerprint density at radius 1 is 1.21 bits per heavy atom. The van der Waals surface area contributed by atoms with Crippen molar-refractivity contribution in [2.45, 2.75) is 38.4 Å². The number of likely N-dealkylation sites (tertiary alicyclic amines) is 1. The molecule has 2 rings (SSSR count). The molecule has 1 amide bonds. The lowest BCUT2D eigenvalue weighted by atomic mass is 9.97. The fourth-order valence-corrected chi connectivity index (χ4v) is 4.71. The molecule has 24 heavy (non-hydrogen) atoms. The van der Waals surface area contributed by atoms with E-state index in [0.717, 1.165) is 38.4 Å². The number of hydrogen-bond acceptors (Lipinski definition) is 4. The first-order chi connectivity index (χ1) is 11.2. The fraction of sp³-hybridized carbons (Fsp3) is 0.875. The van der Waals surface area contributed by atoms with Gasteiger partial charge in [0, 0.05) is 46.7 Å². The highest BCUT2D eigenvalue weighted by atomic mass is 32.2. The van der Waals surface area contributed by atoms with Crippen LogP contribution in [0.3, 0.4) is 0 Å². The molecule has 2 heterocycles. The predicted octanol–water partition coefficient (Wildman–Crippen LogP) is 0.329. The summed E-state index contributed by atoms with van der Waals surface area (Å²) >= 11 is 0. The molecular formula is C16H30N4O3S. The Labute approximate surface area is 145 Å². The van der Waals surface area contributed by atoms with Crippen LogP contribution in [-0.4, -0.2) is 80.4 Å². The van der Waals surface area contributed by atoms with Crippen molar-refractivity contribution in [2.24, 2.45) is 10.9 Å². The van der Waals surface area contributed by atoms with Crippen LogP contribution >= 0.6 is 0 Å². The minimum absolute atomic E-state index is 0.147. The lowest BCUT2D eigenvalue weighted by Crippen LogP contribution is -2.57. The molecule has 0 unspecified atom stereocenters. The topological polar surface area (TPSA) is 82.1 Å². The number of nitrogens with zero attached hydrogens (tertiary/aromatic N) is 3. The number of sulfone groups is 1.